The number of para-hydroxylation sites is 1. The minimum Gasteiger partial charge on any atom is -0.464 e. The third-order valence-corrected chi connectivity index (χ3v) is 9.47. The molecule has 0 radical (unpaired) electrons. The fraction of sp³-hybridized carbons (Fsp3) is 0.556. The molecule has 180 valence electrons. The quantitative estimate of drug-likeness (QED) is 0.597. The van der Waals surface area contributed by atoms with Crippen LogP contribution in [0.3, 0.4) is 0 Å². The maximum Gasteiger partial charge on any atom is 0.262 e. The number of carbonyl (C=O) groups excluding carboxylic acids is 1. The largest absolute Gasteiger partial charge is 0.464 e. The van der Waals surface area contributed by atoms with Gasteiger partial charge in [0.2, 0.25) is 0 Å². The number of aromatic nitrogens is 1. The fourth-order valence-electron chi connectivity index (χ4n) is 7.65. The van der Waals surface area contributed by atoms with Crippen LogP contribution in [0.2, 0.25) is 0 Å². The van der Waals surface area contributed by atoms with Gasteiger partial charge in [0.05, 0.1) is 17.4 Å². The van der Waals surface area contributed by atoms with Crippen molar-refractivity contribution in [2.24, 2.45) is 34.5 Å². The Hall–Kier alpha value is -2.48. The summed E-state index contributed by atoms with van der Waals surface area (Å²) in [4.78, 5) is 14.4. The van der Waals surface area contributed by atoms with Crippen molar-refractivity contribution in [1.29, 1.82) is 0 Å². The van der Waals surface area contributed by atoms with Gasteiger partial charge in [-0.15, -0.1) is 0 Å². The van der Waals surface area contributed by atoms with Crippen LogP contribution in [0.4, 0.5) is 0 Å². The normalized spacial score (nSPS) is 42.3. The van der Waals surface area contributed by atoms with Crippen LogP contribution in [0.5, 0.6) is 5.88 Å². The smallest absolute Gasteiger partial charge is 0.262 e. The number of fused-ring (bicyclic) bond motifs is 4. The summed E-state index contributed by atoms with van der Waals surface area (Å²) < 4.78 is 11.7. The number of rotatable bonds is 3. The van der Waals surface area contributed by atoms with Gasteiger partial charge in [-0.25, -0.2) is 0 Å². The molecule has 4 aliphatic carbocycles. The van der Waals surface area contributed by atoms with E-state index in [1.807, 2.05) is 38.1 Å². The Bertz CT molecular complexity index is 1260. The van der Waals surface area contributed by atoms with Gasteiger partial charge in [0.25, 0.3) is 5.88 Å². The van der Waals surface area contributed by atoms with E-state index in [4.69, 9.17) is 9.26 Å². The van der Waals surface area contributed by atoms with Gasteiger partial charge in [0.15, 0.2) is 23.1 Å². The number of nitrogens with zero attached hydrogens (tertiary/aromatic N) is 1. The van der Waals surface area contributed by atoms with E-state index in [0.29, 0.717) is 22.5 Å². The molecule has 2 bridgehead atoms. The Morgan fingerprint density at radius 2 is 2.00 bits per heavy atom. The molecular weight excluding hydrogens is 434 g/mol. The molecule has 0 saturated heterocycles. The average molecular weight is 466 g/mol. The third-order valence-electron chi connectivity index (χ3n) is 9.47. The Balaban J connectivity index is 1.53. The lowest BCUT2D eigenvalue weighted by Crippen LogP contribution is -2.66. The number of allylic oxidation sites excluding steroid dienone is 1. The van der Waals surface area contributed by atoms with E-state index in [0.717, 1.165) is 6.42 Å². The van der Waals surface area contributed by atoms with Crippen LogP contribution in [0, 0.1) is 34.5 Å². The molecule has 7 nitrogen and oxygen atoms in total. The Morgan fingerprint density at radius 3 is 2.74 bits per heavy atom. The molecule has 1 spiro atoms. The van der Waals surface area contributed by atoms with E-state index in [1.54, 1.807) is 12.1 Å². The third kappa shape index (κ3) is 2.42. The van der Waals surface area contributed by atoms with Crippen molar-refractivity contribution >= 4 is 16.8 Å². The minimum atomic E-state index is -2.00. The van der Waals surface area contributed by atoms with Crippen LogP contribution in [-0.2, 0) is 4.79 Å². The van der Waals surface area contributed by atoms with Crippen LogP contribution in [0.25, 0.3) is 11.0 Å². The average Bonchev–Trinajstić information content (AvgIpc) is 3.09. The molecule has 0 aliphatic heterocycles. The number of ether oxygens (including phenoxy) is 1. The van der Waals surface area contributed by atoms with Gasteiger partial charge < -0.3 is 24.6 Å². The lowest BCUT2D eigenvalue weighted by Gasteiger charge is -2.48. The molecule has 4 aliphatic rings. The molecule has 0 unspecified atom stereocenters. The van der Waals surface area contributed by atoms with Crippen LogP contribution in [0.1, 0.15) is 34.1 Å². The van der Waals surface area contributed by atoms with E-state index >= 15 is 0 Å². The van der Waals surface area contributed by atoms with Crippen molar-refractivity contribution in [3.8, 4) is 5.88 Å². The Labute approximate surface area is 198 Å². The van der Waals surface area contributed by atoms with Crippen LogP contribution >= 0.6 is 0 Å². The highest BCUT2D eigenvalue weighted by atomic mass is 16.6. The van der Waals surface area contributed by atoms with Crippen molar-refractivity contribution in [2.45, 2.75) is 51.9 Å². The summed E-state index contributed by atoms with van der Waals surface area (Å²) in [6.45, 7) is 7.71. The zero-order valence-corrected chi connectivity index (χ0v) is 19.9. The number of hydrogen-bond acceptors (Lipinski definition) is 7. The lowest BCUT2D eigenvalue weighted by molar-refractivity contribution is -0.186. The maximum absolute atomic E-state index is 14.4. The van der Waals surface area contributed by atoms with E-state index in [2.05, 4.69) is 19.0 Å². The maximum atomic E-state index is 14.4. The molecule has 2 fully saturated rings. The summed E-state index contributed by atoms with van der Waals surface area (Å²) in [6.07, 6.45) is 1.79. The molecule has 2 aromatic rings. The molecule has 1 aromatic heterocycles. The van der Waals surface area contributed by atoms with Crippen LogP contribution in [-0.4, -0.2) is 50.7 Å². The van der Waals surface area contributed by atoms with E-state index in [9.17, 15) is 20.1 Å². The summed E-state index contributed by atoms with van der Waals surface area (Å²) in [6, 6.07) is 7.24. The van der Waals surface area contributed by atoms with Gasteiger partial charge in [-0.05, 0) is 64.9 Å². The first kappa shape index (κ1) is 22.0. The second-order valence-electron chi connectivity index (χ2n) is 11.3. The van der Waals surface area contributed by atoms with E-state index < -0.39 is 35.7 Å². The highest BCUT2D eigenvalue weighted by Gasteiger charge is 2.76. The molecular formula is C27H31NO6. The summed E-state index contributed by atoms with van der Waals surface area (Å²) in [5.74, 6) is -0.169. The summed E-state index contributed by atoms with van der Waals surface area (Å²) >= 11 is 0. The summed E-state index contributed by atoms with van der Waals surface area (Å²) in [5.41, 5.74) is -1.90. The summed E-state index contributed by atoms with van der Waals surface area (Å²) in [5, 5.41) is 39.0. The first-order chi connectivity index (χ1) is 16.1. The monoisotopic (exact) mass is 465 g/mol. The molecule has 7 heteroatoms. The van der Waals surface area contributed by atoms with Gasteiger partial charge in [-0.3, -0.25) is 4.79 Å². The van der Waals surface area contributed by atoms with Crippen molar-refractivity contribution in [2.75, 3.05) is 6.61 Å². The van der Waals surface area contributed by atoms with Gasteiger partial charge in [0, 0.05) is 5.92 Å². The zero-order valence-electron chi connectivity index (χ0n) is 19.9. The van der Waals surface area contributed by atoms with Crippen molar-refractivity contribution in [3.05, 3.63) is 47.6 Å². The number of hydrogen-bond donors (Lipinski definition) is 3. The molecule has 34 heavy (non-hydrogen) atoms. The number of aliphatic hydroxyl groups excluding tert-OH is 2. The highest BCUT2D eigenvalue weighted by molar-refractivity contribution is 5.95. The first-order valence-corrected chi connectivity index (χ1v) is 12.1. The second kappa shape index (κ2) is 6.80. The van der Waals surface area contributed by atoms with Gasteiger partial charge in [-0.2, -0.15) is 0 Å². The predicted octanol–water partition coefficient (Wildman–Crippen LogP) is 3.04. The standard InChI is InChI=1S/C27H31NO6/c1-13-11-26-14(2)9-18-20(25(18,3)4)17(22(26)31)10-15(12-29)21(30)27(26,32)23(13)33-24-16-7-5-6-8-19(16)34-28-24/h5-8,10-11,14,17-18,20-21,23,29-30,32H,9,12H2,1-4H3/t14-,17+,18-,20+,21-,23+,26+,27+/m1/s1. The van der Waals surface area contributed by atoms with Crippen LogP contribution in [0.15, 0.2) is 52.1 Å². The molecule has 6 rings (SSSR count). The predicted molar refractivity (Wildman–Crippen MR) is 124 cm³/mol. The highest BCUT2D eigenvalue weighted by Crippen LogP contribution is 2.71. The minimum absolute atomic E-state index is 0.00639. The number of carbonyl (C=O) groups is 1. The Morgan fingerprint density at radius 1 is 1.26 bits per heavy atom. The zero-order chi connectivity index (χ0) is 24.2. The Kier molecular flexibility index (Phi) is 4.41. The molecule has 0 amide bonds. The summed E-state index contributed by atoms with van der Waals surface area (Å²) in [7, 11) is 0. The number of Topliss-reactive ketones (excluding diaryl/α,β-unsaturated/α-hetero) is 1. The fourth-order valence-corrected chi connectivity index (χ4v) is 7.65. The molecule has 2 saturated carbocycles. The van der Waals surface area contributed by atoms with Crippen molar-refractivity contribution in [3.63, 3.8) is 0 Å². The van der Waals surface area contributed by atoms with Gasteiger partial charge in [-0.1, -0.05) is 45.1 Å². The SMILES string of the molecule is CC1=C[C@]23C(=O)[C@@H](C=C(CO)[C@@H](O)[C@]2(O)[C@H]1Oc1noc2ccccc12)[C@H]1[C@@H](C[C@H]3C)C1(C)C. The second-order valence-corrected chi connectivity index (χ2v) is 11.3. The van der Waals surface area contributed by atoms with E-state index in [1.165, 1.54) is 0 Å². The lowest BCUT2D eigenvalue weighted by atomic mass is 9.59. The molecule has 1 heterocycles. The number of ketones is 1. The van der Waals surface area contributed by atoms with Gasteiger partial charge in [0.1, 0.15) is 6.10 Å². The van der Waals surface area contributed by atoms with E-state index in [-0.39, 0.29) is 34.5 Å². The molecule has 8 atom stereocenters. The molecule has 1 aromatic carbocycles. The topological polar surface area (TPSA) is 113 Å². The van der Waals surface area contributed by atoms with Crippen LogP contribution < -0.4 is 4.74 Å². The first-order valence-electron chi connectivity index (χ1n) is 12.1. The van der Waals surface area contributed by atoms with Crippen molar-refractivity contribution in [1.82, 2.24) is 5.16 Å². The van der Waals surface area contributed by atoms with Gasteiger partial charge >= 0.3 is 0 Å². The molecule has 3 N–H and O–H groups in total. The number of aliphatic hydroxyl groups is 3. The van der Waals surface area contributed by atoms with Crippen molar-refractivity contribution < 1.29 is 29.4 Å². The number of benzene rings is 1.